The van der Waals surface area contributed by atoms with Crippen LogP contribution in [-0.2, 0) is 4.74 Å². The molecule has 3 rings (SSSR count). The number of hydrogen-bond acceptors (Lipinski definition) is 3. The molecule has 2 aliphatic heterocycles. The van der Waals surface area contributed by atoms with Gasteiger partial charge >= 0.3 is 0 Å². The zero-order valence-electron chi connectivity index (χ0n) is 12.6. The largest absolute Gasteiger partial charge is 0.374 e. The minimum absolute atomic E-state index is 0.417. The molecule has 19 heavy (non-hydrogen) atoms. The zero-order chi connectivity index (χ0) is 13.2. The summed E-state index contributed by atoms with van der Waals surface area (Å²) in [4.78, 5) is 2.64. The maximum Gasteiger partial charge on any atom is 0.0827 e. The number of nitrogens with one attached hydrogen (secondary N) is 1. The van der Waals surface area contributed by atoms with E-state index in [4.69, 9.17) is 4.74 Å². The Morgan fingerprint density at radius 1 is 1.21 bits per heavy atom. The highest BCUT2D eigenvalue weighted by atomic mass is 16.5. The van der Waals surface area contributed by atoms with Crippen LogP contribution in [0.25, 0.3) is 0 Å². The first-order chi connectivity index (χ1) is 9.22. The second kappa shape index (κ2) is 6.11. The summed E-state index contributed by atoms with van der Waals surface area (Å²) in [7, 11) is 0. The summed E-state index contributed by atoms with van der Waals surface area (Å²) < 4.78 is 6.04. The van der Waals surface area contributed by atoms with Crippen molar-refractivity contribution in [3.05, 3.63) is 0 Å². The van der Waals surface area contributed by atoms with Crippen LogP contribution in [0.2, 0.25) is 0 Å². The molecular formula is C16H30N2O. The summed E-state index contributed by atoms with van der Waals surface area (Å²) in [5.41, 5.74) is 0. The quantitative estimate of drug-likeness (QED) is 0.848. The van der Waals surface area contributed by atoms with Crippen molar-refractivity contribution in [2.24, 2.45) is 11.8 Å². The highest BCUT2D eigenvalue weighted by Gasteiger charge is 2.33. The molecule has 1 aliphatic carbocycles. The Bertz CT molecular complexity index is 296. The Hall–Kier alpha value is -0.120. The van der Waals surface area contributed by atoms with Crippen molar-refractivity contribution in [2.75, 3.05) is 26.2 Å². The van der Waals surface area contributed by atoms with E-state index in [9.17, 15) is 0 Å². The second-order valence-corrected chi connectivity index (χ2v) is 7.16. The van der Waals surface area contributed by atoms with Crippen LogP contribution in [0.5, 0.6) is 0 Å². The maximum absolute atomic E-state index is 6.04. The lowest BCUT2D eigenvalue weighted by Gasteiger charge is -2.38. The molecule has 1 saturated carbocycles. The Morgan fingerprint density at radius 3 is 2.95 bits per heavy atom. The molecule has 3 nitrogen and oxygen atoms in total. The minimum atomic E-state index is 0.417. The van der Waals surface area contributed by atoms with Crippen molar-refractivity contribution in [3.8, 4) is 0 Å². The lowest BCUT2D eigenvalue weighted by molar-refractivity contribution is -0.0489. The molecule has 110 valence electrons. The van der Waals surface area contributed by atoms with Gasteiger partial charge in [0.15, 0.2) is 0 Å². The Labute approximate surface area is 118 Å². The number of ether oxygens (including phenoxy) is 1. The maximum atomic E-state index is 6.04. The molecule has 3 aliphatic rings. The minimum Gasteiger partial charge on any atom is -0.374 e. The van der Waals surface area contributed by atoms with E-state index in [1.165, 1.54) is 38.6 Å². The lowest BCUT2D eigenvalue weighted by atomic mass is 9.80. The monoisotopic (exact) mass is 266 g/mol. The Kier molecular flexibility index (Phi) is 4.45. The molecule has 0 bridgehead atoms. The van der Waals surface area contributed by atoms with Gasteiger partial charge in [0.1, 0.15) is 0 Å². The topological polar surface area (TPSA) is 24.5 Å². The highest BCUT2D eigenvalue weighted by Crippen LogP contribution is 2.29. The number of rotatable bonds is 3. The van der Waals surface area contributed by atoms with Crippen LogP contribution < -0.4 is 5.32 Å². The van der Waals surface area contributed by atoms with Gasteiger partial charge in [-0.3, -0.25) is 4.90 Å². The van der Waals surface area contributed by atoms with Crippen LogP contribution in [0, 0.1) is 11.8 Å². The van der Waals surface area contributed by atoms with Crippen molar-refractivity contribution >= 4 is 0 Å². The van der Waals surface area contributed by atoms with Gasteiger partial charge in [-0.05, 0) is 50.5 Å². The van der Waals surface area contributed by atoms with Crippen LogP contribution in [0.4, 0.5) is 0 Å². The first-order valence-corrected chi connectivity index (χ1v) is 8.31. The summed E-state index contributed by atoms with van der Waals surface area (Å²) in [5.74, 6) is 1.75. The predicted molar refractivity (Wildman–Crippen MR) is 78.3 cm³/mol. The first kappa shape index (κ1) is 13.8. The smallest absolute Gasteiger partial charge is 0.0827 e. The molecule has 3 fully saturated rings. The first-order valence-electron chi connectivity index (χ1n) is 8.31. The zero-order valence-corrected chi connectivity index (χ0v) is 12.6. The standard InChI is InChI=1S/C16H30N2O/c1-12-5-6-16(13(2)8-12)17-9-15-10-18-7-3-4-14(18)11-19-15/h12-17H,3-11H2,1-2H3. The summed E-state index contributed by atoms with van der Waals surface area (Å²) in [6.45, 7) is 9.25. The van der Waals surface area contributed by atoms with Gasteiger partial charge in [0, 0.05) is 25.2 Å². The van der Waals surface area contributed by atoms with Crippen molar-refractivity contribution in [1.82, 2.24) is 10.2 Å². The Morgan fingerprint density at radius 2 is 2.11 bits per heavy atom. The van der Waals surface area contributed by atoms with E-state index >= 15 is 0 Å². The van der Waals surface area contributed by atoms with Gasteiger partial charge in [-0.2, -0.15) is 0 Å². The molecule has 0 aromatic rings. The van der Waals surface area contributed by atoms with Crippen LogP contribution in [0.1, 0.15) is 46.0 Å². The van der Waals surface area contributed by atoms with Crippen LogP contribution in [-0.4, -0.2) is 49.3 Å². The van der Waals surface area contributed by atoms with Crippen molar-refractivity contribution < 1.29 is 4.74 Å². The van der Waals surface area contributed by atoms with E-state index in [2.05, 4.69) is 24.1 Å². The van der Waals surface area contributed by atoms with Crippen LogP contribution in [0.3, 0.4) is 0 Å². The SMILES string of the molecule is CC1CCC(NCC2CN3CCCC3CO2)C(C)C1. The van der Waals surface area contributed by atoms with E-state index in [1.54, 1.807) is 0 Å². The van der Waals surface area contributed by atoms with Crippen molar-refractivity contribution in [2.45, 2.75) is 64.1 Å². The van der Waals surface area contributed by atoms with Gasteiger partial charge in [-0.25, -0.2) is 0 Å². The van der Waals surface area contributed by atoms with E-state index in [-0.39, 0.29) is 0 Å². The molecule has 0 amide bonds. The number of morpholine rings is 1. The van der Waals surface area contributed by atoms with Crippen molar-refractivity contribution in [3.63, 3.8) is 0 Å². The predicted octanol–water partition coefficient (Wildman–Crippen LogP) is 2.26. The van der Waals surface area contributed by atoms with E-state index in [0.29, 0.717) is 6.10 Å². The van der Waals surface area contributed by atoms with Gasteiger partial charge in [0.2, 0.25) is 0 Å². The fraction of sp³-hybridized carbons (Fsp3) is 1.00. The molecule has 3 heteroatoms. The average Bonchev–Trinajstić information content (AvgIpc) is 2.85. The third-order valence-electron chi connectivity index (χ3n) is 5.50. The third-order valence-corrected chi connectivity index (χ3v) is 5.50. The third kappa shape index (κ3) is 3.32. The molecule has 2 heterocycles. The fourth-order valence-electron chi connectivity index (χ4n) is 4.26. The van der Waals surface area contributed by atoms with Gasteiger partial charge in [-0.1, -0.05) is 13.8 Å². The molecular weight excluding hydrogens is 236 g/mol. The second-order valence-electron chi connectivity index (χ2n) is 7.16. The highest BCUT2D eigenvalue weighted by molar-refractivity contribution is 4.87. The van der Waals surface area contributed by atoms with Gasteiger partial charge in [0.25, 0.3) is 0 Å². The van der Waals surface area contributed by atoms with E-state index in [0.717, 1.165) is 43.6 Å². The summed E-state index contributed by atoms with van der Waals surface area (Å²) in [6.07, 6.45) is 7.25. The number of hydrogen-bond donors (Lipinski definition) is 1. The number of nitrogens with zero attached hydrogens (tertiary/aromatic N) is 1. The Balaban J connectivity index is 1.42. The van der Waals surface area contributed by atoms with Gasteiger partial charge in [-0.15, -0.1) is 0 Å². The molecule has 0 spiro atoms. The normalized spacial score (nSPS) is 44.2. The van der Waals surface area contributed by atoms with Crippen molar-refractivity contribution in [1.29, 1.82) is 0 Å². The van der Waals surface area contributed by atoms with E-state index < -0.39 is 0 Å². The summed E-state index contributed by atoms with van der Waals surface area (Å²) in [6, 6.07) is 1.45. The van der Waals surface area contributed by atoms with Gasteiger partial charge in [0.05, 0.1) is 12.7 Å². The lowest BCUT2D eigenvalue weighted by Crippen LogP contribution is -2.51. The molecule has 0 aromatic carbocycles. The van der Waals surface area contributed by atoms with Crippen LogP contribution >= 0.6 is 0 Å². The molecule has 0 radical (unpaired) electrons. The molecule has 0 aromatic heterocycles. The summed E-state index contributed by atoms with van der Waals surface area (Å²) >= 11 is 0. The van der Waals surface area contributed by atoms with Gasteiger partial charge < -0.3 is 10.1 Å². The van der Waals surface area contributed by atoms with Crippen LogP contribution in [0.15, 0.2) is 0 Å². The number of fused-ring (bicyclic) bond motifs is 1. The molecule has 1 N–H and O–H groups in total. The molecule has 5 atom stereocenters. The van der Waals surface area contributed by atoms with E-state index in [1.807, 2.05) is 0 Å². The summed E-state index contributed by atoms with van der Waals surface area (Å²) in [5, 5.41) is 3.79. The fourth-order valence-corrected chi connectivity index (χ4v) is 4.26. The average molecular weight is 266 g/mol. The molecule has 5 unspecified atom stereocenters. The molecule has 2 saturated heterocycles.